The highest BCUT2D eigenvalue weighted by Gasteiger charge is 2.26. The predicted octanol–water partition coefficient (Wildman–Crippen LogP) is 2.17. The van der Waals surface area contributed by atoms with E-state index in [1.54, 1.807) is 6.20 Å². The van der Waals surface area contributed by atoms with Crippen molar-refractivity contribution < 1.29 is 14.3 Å². The molecule has 19 heavy (non-hydrogen) atoms. The van der Waals surface area contributed by atoms with Gasteiger partial charge < -0.3 is 10.8 Å². The summed E-state index contributed by atoms with van der Waals surface area (Å²) in [4.78, 5) is 11.0. The molecule has 0 saturated heterocycles. The first-order chi connectivity index (χ1) is 9.06. The minimum atomic E-state index is -1.19. The van der Waals surface area contributed by atoms with Gasteiger partial charge in [-0.05, 0) is 31.0 Å². The van der Waals surface area contributed by atoms with Crippen molar-refractivity contribution in [3.63, 3.8) is 0 Å². The van der Waals surface area contributed by atoms with E-state index in [1.807, 2.05) is 6.07 Å². The first-order valence-corrected chi connectivity index (χ1v) is 5.94. The van der Waals surface area contributed by atoms with Crippen LogP contribution in [0.25, 0.3) is 5.69 Å². The number of carboxylic acid groups (broad SMARTS) is 1. The number of carbonyl (C=O) groups is 1. The van der Waals surface area contributed by atoms with Crippen LogP contribution in [-0.2, 0) is 0 Å². The number of aromatic nitrogens is 2. The molecular formula is C13H12FN3O2. The number of anilines is 1. The monoisotopic (exact) mass is 261 g/mol. The molecule has 98 valence electrons. The maximum atomic E-state index is 13.9. The van der Waals surface area contributed by atoms with E-state index in [0.717, 1.165) is 24.6 Å². The summed E-state index contributed by atoms with van der Waals surface area (Å²) in [5, 5.41) is 13.3. The number of nitrogen functional groups attached to an aromatic ring is 1. The topological polar surface area (TPSA) is 81.1 Å². The van der Waals surface area contributed by atoms with E-state index in [9.17, 15) is 9.18 Å². The number of rotatable bonds is 3. The molecule has 1 aliphatic carbocycles. The highest BCUT2D eigenvalue weighted by atomic mass is 19.1. The molecule has 0 amide bonds. The Labute approximate surface area is 108 Å². The molecular weight excluding hydrogens is 249 g/mol. The van der Waals surface area contributed by atoms with Crippen LogP contribution in [0.5, 0.6) is 0 Å². The van der Waals surface area contributed by atoms with Crippen LogP contribution in [0.15, 0.2) is 24.4 Å². The molecule has 1 heterocycles. The van der Waals surface area contributed by atoms with Crippen molar-refractivity contribution in [3.8, 4) is 5.69 Å². The average Bonchev–Trinajstić information content (AvgIpc) is 3.08. The summed E-state index contributed by atoms with van der Waals surface area (Å²) in [6.07, 6.45) is 3.83. The first kappa shape index (κ1) is 11.7. The van der Waals surface area contributed by atoms with E-state index in [0.29, 0.717) is 5.92 Å². The Hall–Kier alpha value is -2.37. The second-order valence-electron chi connectivity index (χ2n) is 4.66. The zero-order valence-corrected chi connectivity index (χ0v) is 10.0. The summed E-state index contributed by atoms with van der Waals surface area (Å²) in [6.45, 7) is 0. The number of benzene rings is 1. The third-order valence-corrected chi connectivity index (χ3v) is 3.20. The molecule has 1 aromatic carbocycles. The van der Waals surface area contributed by atoms with E-state index >= 15 is 0 Å². The van der Waals surface area contributed by atoms with E-state index in [2.05, 4.69) is 5.10 Å². The van der Waals surface area contributed by atoms with E-state index in [-0.39, 0.29) is 16.9 Å². The van der Waals surface area contributed by atoms with Gasteiger partial charge >= 0.3 is 5.97 Å². The molecule has 3 rings (SSSR count). The molecule has 0 radical (unpaired) electrons. The lowest BCUT2D eigenvalue weighted by molar-refractivity contribution is 0.0698. The molecule has 2 aromatic rings. The predicted molar refractivity (Wildman–Crippen MR) is 66.9 cm³/mol. The van der Waals surface area contributed by atoms with Crippen LogP contribution in [0, 0.1) is 5.82 Å². The van der Waals surface area contributed by atoms with Gasteiger partial charge in [0.1, 0.15) is 5.69 Å². The molecule has 1 fully saturated rings. The maximum absolute atomic E-state index is 13.9. The Balaban J connectivity index is 2.07. The van der Waals surface area contributed by atoms with Gasteiger partial charge in [-0.25, -0.2) is 13.9 Å². The molecule has 0 spiro atoms. The second-order valence-corrected chi connectivity index (χ2v) is 4.66. The van der Waals surface area contributed by atoms with Crippen molar-refractivity contribution in [1.29, 1.82) is 0 Å². The summed E-state index contributed by atoms with van der Waals surface area (Å²) >= 11 is 0. The highest BCUT2D eigenvalue weighted by Crippen LogP contribution is 2.39. The van der Waals surface area contributed by atoms with Crippen molar-refractivity contribution in [1.82, 2.24) is 9.78 Å². The first-order valence-electron chi connectivity index (χ1n) is 5.94. The van der Waals surface area contributed by atoms with Crippen LogP contribution in [0.1, 0.15) is 34.8 Å². The van der Waals surface area contributed by atoms with Crippen molar-refractivity contribution in [2.24, 2.45) is 0 Å². The van der Waals surface area contributed by atoms with Gasteiger partial charge in [0.25, 0.3) is 0 Å². The summed E-state index contributed by atoms with van der Waals surface area (Å²) < 4.78 is 15.2. The Morgan fingerprint density at radius 1 is 1.47 bits per heavy atom. The fourth-order valence-electron chi connectivity index (χ4n) is 2.01. The molecule has 5 nitrogen and oxygen atoms in total. The summed E-state index contributed by atoms with van der Waals surface area (Å²) in [5.74, 6) is -1.32. The summed E-state index contributed by atoms with van der Waals surface area (Å²) in [5.41, 5.74) is 6.27. The van der Waals surface area contributed by atoms with Gasteiger partial charge in [0.2, 0.25) is 0 Å². The molecule has 0 aliphatic heterocycles. The number of hydrogen-bond donors (Lipinski definition) is 2. The SMILES string of the molecule is Nc1cc(F)c(-n2ccc(C3CC3)n2)cc1C(=O)O. The Morgan fingerprint density at radius 3 is 2.84 bits per heavy atom. The van der Waals surface area contributed by atoms with Crippen LogP contribution in [0.2, 0.25) is 0 Å². The molecule has 1 aromatic heterocycles. The molecule has 0 unspecified atom stereocenters. The lowest BCUT2D eigenvalue weighted by atomic mass is 10.1. The Kier molecular flexibility index (Phi) is 2.51. The van der Waals surface area contributed by atoms with Crippen molar-refractivity contribution >= 4 is 11.7 Å². The second kappa shape index (κ2) is 4.08. The lowest BCUT2D eigenvalue weighted by Crippen LogP contribution is -2.07. The number of nitrogens with two attached hydrogens (primary N) is 1. The molecule has 3 N–H and O–H groups in total. The van der Waals surface area contributed by atoms with E-state index in [1.165, 1.54) is 10.7 Å². The molecule has 0 bridgehead atoms. The third-order valence-electron chi connectivity index (χ3n) is 3.20. The van der Waals surface area contributed by atoms with E-state index < -0.39 is 11.8 Å². The Morgan fingerprint density at radius 2 is 2.21 bits per heavy atom. The smallest absolute Gasteiger partial charge is 0.337 e. The van der Waals surface area contributed by atoms with Gasteiger partial charge in [0.05, 0.1) is 11.3 Å². The standard InChI is InChI=1S/C13H12FN3O2/c14-9-6-10(15)8(13(18)19)5-12(9)17-4-3-11(16-17)7-1-2-7/h3-7H,1-2,15H2,(H,18,19). The fourth-order valence-corrected chi connectivity index (χ4v) is 2.01. The number of nitrogens with zero attached hydrogens (tertiary/aromatic N) is 2. The van der Waals surface area contributed by atoms with Crippen LogP contribution in [0.3, 0.4) is 0 Å². The van der Waals surface area contributed by atoms with Gasteiger partial charge in [0, 0.05) is 17.8 Å². The number of aromatic carboxylic acids is 1. The zero-order valence-electron chi connectivity index (χ0n) is 10.0. The largest absolute Gasteiger partial charge is 0.478 e. The average molecular weight is 261 g/mol. The van der Waals surface area contributed by atoms with Gasteiger partial charge in [-0.15, -0.1) is 0 Å². The van der Waals surface area contributed by atoms with Gasteiger partial charge in [-0.1, -0.05) is 0 Å². The van der Waals surface area contributed by atoms with Crippen LogP contribution in [-0.4, -0.2) is 20.9 Å². The Bertz CT molecular complexity index is 662. The zero-order chi connectivity index (χ0) is 13.6. The van der Waals surface area contributed by atoms with E-state index in [4.69, 9.17) is 10.8 Å². The van der Waals surface area contributed by atoms with Gasteiger partial charge in [-0.2, -0.15) is 5.10 Å². The number of hydrogen-bond acceptors (Lipinski definition) is 3. The quantitative estimate of drug-likeness (QED) is 0.830. The highest BCUT2D eigenvalue weighted by molar-refractivity contribution is 5.94. The molecule has 6 heteroatoms. The van der Waals surface area contributed by atoms with Gasteiger partial charge in [-0.3, -0.25) is 0 Å². The normalized spacial score (nSPS) is 14.6. The third kappa shape index (κ3) is 2.05. The maximum Gasteiger partial charge on any atom is 0.337 e. The minimum absolute atomic E-state index is 0.0941. The van der Waals surface area contributed by atoms with Crippen molar-refractivity contribution in [2.45, 2.75) is 18.8 Å². The minimum Gasteiger partial charge on any atom is -0.478 e. The van der Waals surface area contributed by atoms with Crippen molar-refractivity contribution in [3.05, 3.63) is 41.5 Å². The lowest BCUT2D eigenvalue weighted by Gasteiger charge is -2.07. The van der Waals surface area contributed by atoms with Crippen LogP contribution >= 0.6 is 0 Å². The molecule has 1 saturated carbocycles. The van der Waals surface area contributed by atoms with Crippen LogP contribution in [0.4, 0.5) is 10.1 Å². The molecule has 1 aliphatic rings. The van der Waals surface area contributed by atoms with Crippen LogP contribution < -0.4 is 5.73 Å². The number of carboxylic acids is 1. The number of halogens is 1. The fraction of sp³-hybridized carbons (Fsp3) is 0.231. The van der Waals surface area contributed by atoms with Crippen molar-refractivity contribution in [2.75, 3.05) is 5.73 Å². The molecule has 0 atom stereocenters. The summed E-state index contributed by atoms with van der Waals surface area (Å²) in [7, 11) is 0. The summed E-state index contributed by atoms with van der Waals surface area (Å²) in [6, 6.07) is 4.04. The van der Waals surface area contributed by atoms with Gasteiger partial charge in [0.15, 0.2) is 5.82 Å².